The number of amides is 2. The van der Waals surface area contributed by atoms with E-state index < -0.39 is 10.7 Å². The molecule has 0 saturated heterocycles. The van der Waals surface area contributed by atoms with Crippen molar-refractivity contribution >= 4 is 35.0 Å². The van der Waals surface area contributed by atoms with Gasteiger partial charge in [0.05, 0.1) is 37.3 Å². The molecule has 4 rings (SSSR count). The molecule has 11 nitrogen and oxygen atoms in total. The third kappa shape index (κ3) is 5.26. The highest BCUT2D eigenvalue weighted by atomic mass is 19.1. The van der Waals surface area contributed by atoms with Gasteiger partial charge in [0.25, 0.3) is 11.8 Å². The van der Waals surface area contributed by atoms with Crippen LogP contribution in [0.25, 0.3) is 11.6 Å². The number of anilines is 1. The summed E-state index contributed by atoms with van der Waals surface area (Å²) in [5.41, 5.74) is 4.28. The molecular formula is C28H35FN7O4+. The lowest BCUT2D eigenvalue weighted by Crippen LogP contribution is -2.51. The molecule has 1 aliphatic rings. The fourth-order valence-corrected chi connectivity index (χ4v) is 5.32. The van der Waals surface area contributed by atoms with E-state index in [1.165, 1.54) is 18.2 Å². The van der Waals surface area contributed by atoms with Crippen LogP contribution in [0.3, 0.4) is 0 Å². The number of likely N-dealkylation sites (N-methyl/N-ethyl adjacent to an activating group) is 1. The largest absolute Gasteiger partial charge is 0.391 e. The van der Waals surface area contributed by atoms with Crippen molar-refractivity contribution in [3.05, 3.63) is 73.7 Å². The van der Waals surface area contributed by atoms with Gasteiger partial charge in [0.15, 0.2) is 5.69 Å². The van der Waals surface area contributed by atoms with Crippen LogP contribution in [0.5, 0.6) is 0 Å². The molecule has 1 aromatic carbocycles. The highest BCUT2D eigenvalue weighted by Gasteiger charge is 2.33. The van der Waals surface area contributed by atoms with Gasteiger partial charge in [0.2, 0.25) is 5.82 Å². The quantitative estimate of drug-likeness (QED) is 0.151. The van der Waals surface area contributed by atoms with E-state index in [1.807, 2.05) is 13.8 Å². The Morgan fingerprint density at radius 1 is 1.25 bits per heavy atom. The maximum Gasteiger partial charge on any atom is 0.391 e. The molecule has 0 unspecified atom stereocenters. The van der Waals surface area contributed by atoms with Gasteiger partial charge in [-0.2, -0.15) is 0 Å². The Kier molecular flexibility index (Phi) is 7.92. The van der Waals surface area contributed by atoms with Crippen LogP contribution in [0.2, 0.25) is 0 Å². The SMILES string of the molecule is CC[N+](CC)(CCNC(=O)c1c(C)[nH]c(C=C2C(=O)Nc3ccc(F)cc32)c1C)Cc1c([N+](=O)[O-])nc(C)n1C. The molecule has 12 heteroatoms. The molecular weight excluding hydrogens is 517 g/mol. The monoisotopic (exact) mass is 552 g/mol. The van der Waals surface area contributed by atoms with E-state index in [1.54, 1.807) is 38.5 Å². The minimum atomic E-state index is -0.446. The molecule has 0 spiro atoms. The topological polar surface area (TPSA) is 135 Å². The Labute approximate surface area is 231 Å². The number of hydrogen-bond donors (Lipinski definition) is 3. The maximum atomic E-state index is 13.8. The zero-order valence-electron chi connectivity index (χ0n) is 23.6. The summed E-state index contributed by atoms with van der Waals surface area (Å²) >= 11 is 0. The molecule has 212 valence electrons. The summed E-state index contributed by atoms with van der Waals surface area (Å²) in [7, 11) is 1.78. The summed E-state index contributed by atoms with van der Waals surface area (Å²) in [5.74, 6) is -0.591. The van der Waals surface area contributed by atoms with E-state index in [2.05, 4.69) is 20.6 Å². The Morgan fingerprint density at radius 2 is 1.95 bits per heavy atom. The number of imidazole rings is 1. The summed E-state index contributed by atoms with van der Waals surface area (Å²) in [6.07, 6.45) is 1.64. The average molecular weight is 553 g/mol. The van der Waals surface area contributed by atoms with Gasteiger partial charge in [-0.25, -0.2) is 4.39 Å². The third-order valence-electron chi connectivity index (χ3n) is 8.04. The molecule has 0 atom stereocenters. The van der Waals surface area contributed by atoms with Crippen molar-refractivity contribution < 1.29 is 23.4 Å². The maximum absolute atomic E-state index is 13.8. The van der Waals surface area contributed by atoms with Crippen LogP contribution in [0.1, 0.15) is 58.2 Å². The van der Waals surface area contributed by atoms with Crippen LogP contribution >= 0.6 is 0 Å². The summed E-state index contributed by atoms with van der Waals surface area (Å²) in [6.45, 7) is 12.2. The number of benzene rings is 1. The van der Waals surface area contributed by atoms with Gasteiger partial charge in [0.1, 0.15) is 12.4 Å². The molecule has 0 saturated carbocycles. The lowest BCUT2D eigenvalue weighted by molar-refractivity contribution is -0.937. The van der Waals surface area contributed by atoms with E-state index in [0.29, 0.717) is 75.0 Å². The average Bonchev–Trinajstić information content (AvgIpc) is 3.48. The highest BCUT2D eigenvalue weighted by Crippen LogP contribution is 2.34. The molecule has 0 radical (unpaired) electrons. The van der Waals surface area contributed by atoms with Crippen LogP contribution in [0.15, 0.2) is 18.2 Å². The lowest BCUT2D eigenvalue weighted by Gasteiger charge is -2.36. The van der Waals surface area contributed by atoms with Crippen molar-refractivity contribution in [3.8, 4) is 0 Å². The number of carbonyl (C=O) groups is 2. The third-order valence-corrected chi connectivity index (χ3v) is 8.04. The number of quaternary nitrogens is 1. The van der Waals surface area contributed by atoms with Gasteiger partial charge in [-0.15, -0.1) is 0 Å². The smallest absolute Gasteiger partial charge is 0.358 e. The molecule has 3 heterocycles. The van der Waals surface area contributed by atoms with E-state index >= 15 is 0 Å². The van der Waals surface area contributed by atoms with Crippen molar-refractivity contribution in [1.29, 1.82) is 0 Å². The van der Waals surface area contributed by atoms with Crippen LogP contribution in [-0.2, 0) is 18.4 Å². The first-order valence-electron chi connectivity index (χ1n) is 13.2. The summed E-state index contributed by atoms with van der Waals surface area (Å²) in [4.78, 5) is 44.3. The number of aryl methyl sites for hydroxylation is 2. The molecule has 3 N–H and O–H groups in total. The van der Waals surface area contributed by atoms with Crippen molar-refractivity contribution in [2.45, 2.75) is 41.2 Å². The zero-order valence-corrected chi connectivity index (χ0v) is 23.6. The number of hydrogen-bond acceptors (Lipinski definition) is 5. The predicted octanol–water partition coefficient (Wildman–Crippen LogP) is 4.00. The first-order valence-corrected chi connectivity index (χ1v) is 13.2. The summed E-state index contributed by atoms with van der Waals surface area (Å²) in [6, 6.07) is 4.12. The number of aromatic amines is 1. The first-order chi connectivity index (χ1) is 18.9. The van der Waals surface area contributed by atoms with Crippen molar-refractivity contribution in [3.63, 3.8) is 0 Å². The summed E-state index contributed by atoms with van der Waals surface area (Å²) < 4.78 is 16.1. The Balaban J connectivity index is 1.51. The predicted molar refractivity (Wildman–Crippen MR) is 150 cm³/mol. The summed E-state index contributed by atoms with van der Waals surface area (Å²) in [5, 5.41) is 17.3. The van der Waals surface area contributed by atoms with Crippen molar-refractivity contribution in [1.82, 2.24) is 19.9 Å². The number of nitrogens with zero attached hydrogens (tertiary/aromatic N) is 4. The number of H-pyrrole nitrogens is 1. The van der Waals surface area contributed by atoms with E-state index in [4.69, 9.17) is 0 Å². The fourth-order valence-electron chi connectivity index (χ4n) is 5.32. The van der Waals surface area contributed by atoms with Gasteiger partial charge in [-0.05, 0) is 67.4 Å². The van der Waals surface area contributed by atoms with E-state index in [-0.39, 0.29) is 17.6 Å². The van der Waals surface area contributed by atoms with Gasteiger partial charge >= 0.3 is 5.82 Å². The molecule has 0 bridgehead atoms. The number of aromatic nitrogens is 3. The normalized spacial score (nSPS) is 14.0. The number of carbonyl (C=O) groups excluding carboxylic acids is 2. The van der Waals surface area contributed by atoms with Crippen LogP contribution in [0, 0.1) is 36.7 Å². The zero-order chi connectivity index (χ0) is 29.4. The minimum absolute atomic E-state index is 0.130. The second-order valence-corrected chi connectivity index (χ2v) is 10.2. The standard InChI is InChI=1S/C28H34FN7O4/c1-7-36(8-2,15-24-26(35(39)40)32-18(5)34(24)6)12-11-30-28(38)25-16(3)23(31-17(25)4)14-21-20-13-19(29)9-10-22(20)33-27(21)37/h9-10,13-14H,7-8,11-12,15H2,1-6H3,(H2-,30,31,33,37,38)/p+1. The second-order valence-electron chi connectivity index (χ2n) is 10.2. The van der Waals surface area contributed by atoms with Gasteiger partial charge in [0, 0.05) is 36.6 Å². The Bertz CT molecular complexity index is 1530. The van der Waals surface area contributed by atoms with Gasteiger partial charge in [-0.3, -0.25) is 9.59 Å². The number of nitrogens with one attached hydrogen (secondary N) is 3. The Morgan fingerprint density at radius 3 is 2.60 bits per heavy atom. The highest BCUT2D eigenvalue weighted by molar-refractivity contribution is 6.34. The van der Waals surface area contributed by atoms with Crippen LogP contribution in [0.4, 0.5) is 15.9 Å². The number of rotatable bonds is 10. The number of fused-ring (bicyclic) bond motifs is 1. The van der Waals surface area contributed by atoms with E-state index in [9.17, 15) is 24.1 Å². The van der Waals surface area contributed by atoms with Gasteiger partial charge < -0.3 is 34.8 Å². The fraction of sp³-hybridized carbons (Fsp3) is 0.393. The van der Waals surface area contributed by atoms with Gasteiger partial charge in [-0.1, -0.05) is 0 Å². The molecule has 2 amide bonds. The molecule has 3 aromatic rings. The Hall–Kier alpha value is -4.32. The first kappa shape index (κ1) is 28.7. The number of nitro groups is 1. The van der Waals surface area contributed by atoms with Crippen LogP contribution in [-0.4, -0.2) is 61.9 Å². The molecule has 2 aromatic heterocycles. The van der Waals surface area contributed by atoms with Crippen LogP contribution < -0.4 is 10.6 Å². The molecule has 0 fully saturated rings. The lowest BCUT2D eigenvalue weighted by atomic mass is 10.0. The molecule has 0 aliphatic carbocycles. The van der Waals surface area contributed by atoms with E-state index in [0.717, 1.165) is 13.1 Å². The minimum Gasteiger partial charge on any atom is -0.358 e. The number of halogens is 1. The van der Waals surface area contributed by atoms with Crippen molar-refractivity contribution in [2.75, 3.05) is 31.5 Å². The van der Waals surface area contributed by atoms with Crippen molar-refractivity contribution in [2.24, 2.45) is 7.05 Å². The molecule has 1 aliphatic heterocycles. The molecule has 40 heavy (non-hydrogen) atoms. The second kappa shape index (κ2) is 11.0.